The van der Waals surface area contributed by atoms with Crippen LogP contribution in [0.4, 0.5) is 4.79 Å². The predicted molar refractivity (Wildman–Crippen MR) is 86.0 cm³/mol. The molecule has 0 radical (unpaired) electrons. The Morgan fingerprint density at radius 3 is 2.65 bits per heavy atom. The SMILES string of the molecule is CC(C)(C)OC(=O)NCCCC1=CC/C(C(=O)O)=C\C=C/C1=O. The third kappa shape index (κ3) is 7.44. The fraction of sp³-hybridized carbons (Fsp3) is 0.471. The Morgan fingerprint density at radius 2 is 2.04 bits per heavy atom. The molecule has 23 heavy (non-hydrogen) atoms. The summed E-state index contributed by atoms with van der Waals surface area (Å²) in [5.74, 6) is -1.13. The average Bonchev–Trinajstić information content (AvgIpc) is 2.39. The molecule has 1 amide bonds. The molecule has 0 saturated carbocycles. The quantitative estimate of drug-likeness (QED) is 0.760. The van der Waals surface area contributed by atoms with E-state index in [2.05, 4.69) is 5.32 Å². The zero-order chi connectivity index (χ0) is 17.5. The van der Waals surface area contributed by atoms with Crippen molar-refractivity contribution in [2.45, 2.75) is 45.6 Å². The zero-order valence-corrected chi connectivity index (χ0v) is 13.7. The third-order valence-electron chi connectivity index (χ3n) is 3.00. The van der Waals surface area contributed by atoms with E-state index in [1.54, 1.807) is 26.8 Å². The summed E-state index contributed by atoms with van der Waals surface area (Å²) in [4.78, 5) is 34.4. The molecule has 0 aromatic carbocycles. The lowest BCUT2D eigenvalue weighted by Crippen LogP contribution is -2.33. The van der Waals surface area contributed by atoms with Crippen LogP contribution in [-0.4, -0.2) is 35.1 Å². The van der Waals surface area contributed by atoms with Crippen molar-refractivity contribution in [3.8, 4) is 0 Å². The molecule has 1 aliphatic carbocycles. The minimum atomic E-state index is -0.994. The van der Waals surface area contributed by atoms with Crippen molar-refractivity contribution in [3.63, 3.8) is 0 Å². The van der Waals surface area contributed by atoms with Gasteiger partial charge in [-0.15, -0.1) is 0 Å². The molecule has 0 bridgehead atoms. The largest absolute Gasteiger partial charge is 0.478 e. The number of carbonyl (C=O) groups excluding carboxylic acids is 2. The van der Waals surface area contributed by atoms with Crippen molar-refractivity contribution < 1.29 is 24.2 Å². The number of allylic oxidation sites excluding steroid dienone is 5. The van der Waals surface area contributed by atoms with Crippen LogP contribution in [0.3, 0.4) is 0 Å². The number of hydrogen-bond acceptors (Lipinski definition) is 4. The van der Waals surface area contributed by atoms with Gasteiger partial charge < -0.3 is 15.2 Å². The Hall–Kier alpha value is -2.37. The van der Waals surface area contributed by atoms with Crippen molar-refractivity contribution >= 4 is 17.8 Å². The molecule has 0 aliphatic heterocycles. The molecular formula is C17H23NO5. The van der Waals surface area contributed by atoms with Crippen LogP contribution in [0.5, 0.6) is 0 Å². The first-order valence-electron chi connectivity index (χ1n) is 7.50. The van der Waals surface area contributed by atoms with E-state index in [0.717, 1.165) is 0 Å². The van der Waals surface area contributed by atoms with Crippen molar-refractivity contribution in [1.29, 1.82) is 0 Å². The number of hydrogen-bond donors (Lipinski definition) is 2. The van der Waals surface area contributed by atoms with Gasteiger partial charge in [-0.2, -0.15) is 0 Å². The van der Waals surface area contributed by atoms with Gasteiger partial charge in [-0.1, -0.05) is 18.2 Å². The molecule has 1 rings (SSSR count). The van der Waals surface area contributed by atoms with Crippen LogP contribution in [0.15, 0.2) is 35.5 Å². The molecule has 0 spiro atoms. The third-order valence-corrected chi connectivity index (χ3v) is 3.00. The minimum absolute atomic E-state index is 0.136. The summed E-state index contributed by atoms with van der Waals surface area (Å²) in [5, 5.41) is 11.6. The van der Waals surface area contributed by atoms with Gasteiger partial charge in [0.25, 0.3) is 0 Å². The Kier molecular flexibility index (Phi) is 6.75. The van der Waals surface area contributed by atoms with Gasteiger partial charge >= 0.3 is 12.1 Å². The van der Waals surface area contributed by atoms with Crippen LogP contribution in [0.2, 0.25) is 0 Å². The number of amides is 1. The molecule has 0 atom stereocenters. The van der Waals surface area contributed by atoms with E-state index < -0.39 is 17.7 Å². The van der Waals surface area contributed by atoms with Crippen LogP contribution >= 0.6 is 0 Å². The van der Waals surface area contributed by atoms with E-state index in [1.165, 1.54) is 18.2 Å². The first-order chi connectivity index (χ1) is 10.7. The van der Waals surface area contributed by atoms with Gasteiger partial charge in [0.2, 0.25) is 0 Å². The Balaban J connectivity index is 2.47. The number of carbonyl (C=O) groups is 3. The molecule has 0 fully saturated rings. The second-order valence-corrected chi connectivity index (χ2v) is 6.19. The summed E-state index contributed by atoms with van der Waals surface area (Å²) in [7, 11) is 0. The molecule has 6 heteroatoms. The van der Waals surface area contributed by atoms with E-state index in [0.29, 0.717) is 25.0 Å². The number of aliphatic carboxylic acids is 1. The van der Waals surface area contributed by atoms with Crippen LogP contribution < -0.4 is 5.32 Å². The van der Waals surface area contributed by atoms with Crippen molar-refractivity contribution in [2.24, 2.45) is 0 Å². The molecule has 6 nitrogen and oxygen atoms in total. The first-order valence-corrected chi connectivity index (χ1v) is 7.50. The Bertz CT molecular complexity index is 564. The van der Waals surface area contributed by atoms with Crippen molar-refractivity contribution in [3.05, 3.63) is 35.5 Å². The molecule has 2 N–H and O–H groups in total. The second kappa shape index (κ2) is 8.31. The molecule has 126 valence electrons. The average molecular weight is 321 g/mol. The van der Waals surface area contributed by atoms with Gasteiger partial charge in [0.15, 0.2) is 5.78 Å². The monoisotopic (exact) mass is 321 g/mol. The first kappa shape index (κ1) is 18.7. The second-order valence-electron chi connectivity index (χ2n) is 6.19. The lowest BCUT2D eigenvalue weighted by molar-refractivity contribution is -0.132. The highest BCUT2D eigenvalue weighted by molar-refractivity contribution is 6.04. The van der Waals surface area contributed by atoms with Gasteiger partial charge in [-0.25, -0.2) is 9.59 Å². The van der Waals surface area contributed by atoms with E-state index in [9.17, 15) is 14.4 Å². The number of ketones is 1. The molecular weight excluding hydrogens is 298 g/mol. The van der Waals surface area contributed by atoms with Crippen LogP contribution in [-0.2, 0) is 14.3 Å². The summed E-state index contributed by atoms with van der Waals surface area (Å²) in [6.45, 7) is 5.73. The molecule has 0 heterocycles. The molecule has 0 saturated heterocycles. The summed E-state index contributed by atoms with van der Waals surface area (Å²) >= 11 is 0. The maximum absolute atomic E-state index is 11.9. The number of carboxylic acids is 1. The molecule has 0 aromatic heterocycles. The van der Waals surface area contributed by atoms with E-state index in [-0.39, 0.29) is 17.8 Å². The smallest absolute Gasteiger partial charge is 0.407 e. The highest BCUT2D eigenvalue weighted by Gasteiger charge is 2.16. The lowest BCUT2D eigenvalue weighted by Gasteiger charge is -2.19. The molecule has 1 aliphatic rings. The van der Waals surface area contributed by atoms with Crippen molar-refractivity contribution in [2.75, 3.05) is 6.54 Å². The number of nitrogens with one attached hydrogen (secondary N) is 1. The van der Waals surface area contributed by atoms with E-state index in [1.807, 2.05) is 0 Å². The number of carboxylic acid groups (broad SMARTS) is 1. The standard InChI is InChI=1S/C17H23NO5/c1-17(2,3)23-16(22)18-11-5-7-12-9-10-13(15(20)21)6-4-8-14(12)19/h4,6,8-9H,5,7,10-11H2,1-3H3,(H,18,22)(H,20,21)/b8-4-,12-9?,13-6+. The van der Waals surface area contributed by atoms with Crippen LogP contribution in [0, 0.1) is 0 Å². The van der Waals surface area contributed by atoms with Gasteiger partial charge in [0.05, 0.1) is 0 Å². The summed E-state index contributed by atoms with van der Waals surface area (Å²) < 4.78 is 5.11. The Labute approximate surface area is 135 Å². The maximum atomic E-state index is 11.9. The number of alkyl carbamates (subject to hydrolysis) is 1. The summed E-state index contributed by atoms with van der Waals surface area (Å²) in [5.41, 5.74) is 0.240. The molecule has 0 unspecified atom stereocenters. The highest BCUT2D eigenvalue weighted by Crippen LogP contribution is 2.15. The van der Waals surface area contributed by atoms with Gasteiger partial charge in [0, 0.05) is 12.1 Å². The normalized spacial score (nSPS) is 18.8. The molecule has 0 aromatic rings. The Morgan fingerprint density at radius 1 is 1.35 bits per heavy atom. The number of rotatable bonds is 5. The van der Waals surface area contributed by atoms with Gasteiger partial charge in [0.1, 0.15) is 5.60 Å². The summed E-state index contributed by atoms with van der Waals surface area (Å²) in [6.07, 6.45) is 6.62. The van der Waals surface area contributed by atoms with E-state index >= 15 is 0 Å². The zero-order valence-electron chi connectivity index (χ0n) is 13.7. The number of ether oxygens (including phenoxy) is 1. The fourth-order valence-corrected chi connectivity index (χ4v) is 1.93. The fourth-order valence-electron chi connectivity index (χ4n) is 1.93. The lowest BCUT2D eigenvalue weighted by atomic mass is 9.99. The van der Waals surface area contributed by atoms with Gasteiger partial charge in [-0.05, 0) is 51.7 Å². The van der Waals surface area contributed by atoms with Gasteiger partial charge in [-0.3, -0.25) is 4.79 Å². The highest BCUT2D eigenvalue weighted by atomic mass is 16.6. The summed E-state index contributed by atoms with van der Waals surface area (Å²) in [6, 6.07) is 0. The van der Waals surface area contributed by atoms with E-state index in [4.69, 9.17) is 9.84 Å². The van der Waals surface area contributed by atoms with Crippen LogP contribution in [0.1, 0.15) is 40.0 Å². The predicted octanol–water partition coefficient (Wildman–Crippen LogP) is 2.76. The maximum Gasteiger partial charge on any atom is 0.407 e. The minimum Gasteiger partial charge on any atom is -0.478 e. The topological polar surface area (TPSA) is 92.7 Å². The van der Waals surface area contributed by atoms with Crippen molar-refractivity contribution in [1.82, 2.24) is 5.32 Å². The van der Waals surface area contributed by atoms with Crippen LogP contribution in [0.25, 0.3) is 0 Å².